The quantitative estimate of drug-likeness (QED) is 0.693. The summed E-state index contributed by atoms with van der Waals surface area (Å²) in [5.41, 5.74) is 7.66. The first-order valence-electron chi connectivity index (χ1n) is 10.4. The Morgan fingerprint density at radius 2 is 1.80 bits per heavy atom. The van der Waals surface area contributed by atoms with E-state index in [1.165, 1.54) is 6.08 Å². The number of amides is 1. The highest BCUT2D eigenvalue weighted by Crippen LogP contribution is 2.48. The topological polar surface area (TPSA) is 78.6 Å². The van der Waals surface area contributed by atoms with Crippen molar-refractivity contribution >= 4 is 11.7 Å². The smallest absolute Gasteiger partial charge is 0.248 e. The predicted molar refractivity (Wildman–Crippen MR) is 116 cm³/mol. The van der Waals surface area contributed by atoms with E-state index in [1.54, 1.807) is 19.2 Å². The molecule has 2 fully saturated rings. The summed E-state index contributed by atoms with van der Waals surface area (Å²) >= 11 is 0. The summed E-state index contributed by atoms with van der Waals surface area (Å²) < 4.78 is 11.8. The van der Waals surface area contributed by atoms with Gasteiger partial charge in [-0.2, -0.15) is 0 Å². The number of carbonyl (C=O) groups excluding carboxylic acids is 2. The lowest BCUT2D eigenvalue weighted by molar-refractivity contribution is -0.122. The lowest BCUT2D eigenvalue weighted by Gasteiger charge is -2.34. The van der Waals surface area contributed by atoms with E-state index in [2.05, 4.69) is 6.58 Å². The molecule has 0 heterocycles. The van der Waals surface area contributed by atoms with E-state index < -0.39 is 5.91 Å². The summed E-state index contributed by atoms with van der Waals surface area (Å²) in [7, 11) is 1.62. The zero-order valence-corrected chi connectivity index (χ0v) is 17.2. The van der Waals surface area contributed by atoms with Crippen LogP contribution in [0.15, 0.2) is 55.1 Å². The van der Waals surface area contributed by atoms with Gasteiger partial charge in [0.25, 0.3) is 0 Å². The fraction of sp³-hybridized carbons (Fsp3) is 0.360. The Morgan fingerprint density at radius 3 is 2.43 bits per heavy atom. The number of carbonyl (C=O) groups is 2. The predicted octanol–water partition coefficient (Wildman–Crippen LogP) is 4.40. The first kappa shape index (κ1) is 20.2. The van der Waals surface area contributed by atoms with Gasteiger partial charge >= 0.3 is 0 Å². The maximum atomic E-state index is 12.3. The molecule has 5 nitrogen and oxygen atoms in total. The molecule has 2 unspecified atom stereocenters. The van der Waals surface area contributed by atoms with Gasteiger partial charge in [0.1, 0.15) is 11.5 Å². The monoisotopic (exact) mass is 405 g/mol. The van der Waals surface area contributed by atoms with Gasteiger partial charge in [-0.3, -0.25) is 9.59 Å². The molecule has 2 aromatic rings. The maximum Gasteiger partial charge on any atom is 0.248 e. The minimum Gasteiger partial charge on any atom is -0.496 e. The number of benzene rings is 2. The van der Waals surface area contributed by atoms with Crippen LogP contribution >= 0.6 is 0 Å². The molecule has 2 aliphatic rings. The number of rotatable bonds is 7. The van der Waals surface area contributed by atoms with Crippen molar-refractivity contribution in [1.29, 1.82) is 0 Å². The minimum absolute atomic E-state index is 0.0185. The highest BCUT2D eigenvalue weighted by molar-refractivity contribution is 5.95. The van der Waals surface area contributed by atoms with Crippen molar-refractivity contribution in [3.05, 3.63) is 60.7 Å². The van der Waals surface area contributed by atoms with Crippen LogP contribution in [0.3, 0.4) is 0 Å². The lowest BCUT2D eigenvalue weighted by Crippen LogP contribution is -2.36. The molecule has 0 radical (unpaired) electrons. The van der Waals surface area contributed by atoms with Gasteiger partial charge in [-0.25, -0.2) is 0 Å². The van der Waals surface area contributed by atoms with E-state index in [1.807, 2.05) is 30.3 Å². The number of fused-ring (bicyclic) bond motifs is 2. The third kappa shape index (κ3) is 3.84. The molecular weight excluding hydrogens is 378 g/mol. The van der Waals surface area contributed by atoms with Gasteiger partial charge in [0, 0.05) is 17.0 Å². The molecule has 5 heteroatoms. The molecule has 0 spiro atoms. The van der Waals surface area contributed by atoms with Gasteiger partial charge in [-0.15, -0.1) is 0 Å². The van der Waals surface area contributed by atoms with Crippen LogP contribution < -0.4 is 15.2 Å². The molecular formula is C25H27NO4. The van der Waals surface area contributed by atoms with Crippen LogP contribution in [-0.4, -0.2) is 24.9 Å². The van der Waals surface area contributed by atoms with E-state index in [4.69, 9.17) is 15.2 Å². The van der Waals surface area contributed by atoms with Crippen LogP contribution in [0, 0.1) is 17.8 Å². The van der Waals surface area contributed by atoms with Crippen LogP contribution in [0.2, 0.25) is 0 Å². The summed E-state index contributed by atoms with van der Waals surface area (Å²) in [6.07, 6.45) is 5.28. The van der Waals surface area contributed by atoms with Crippen molar-refractivity contribution in [3.8, 4) is 22.6 Å². The molecule has 2 atom stereocenters. The number of methoxy groups -OCH3 is 1. The van der Waals surface area contributed by atoms with E-state index in [0.717, 1.165) is 36.8 Å². The third-order valence-electron chi connectivity index (χ3n) is 6.50. The molecule has 2 aromatic carbocycles. The fourth-order valence-electron chi connectivity index (χ4n) is 5.21. The molecule has 0 aliphatic heterocycles. The molecule has 156 valence electrons. The SMILES string of the molecule is C=CC(=O)C1C2CCC1CC(Oc1cc(C(N)=O)cc(-c3ccccc3OC)c1)C2. The number of primary amides is 1. The molecule has 2 bridgehead atoms. The average Bonchev–Trinajstić information content (AvgIpc) is 3.03. The van der Waals surface area contributed by atoms with Gasteiger partial charge < -0.3 is 15.2 Å². The van der Waals surface area contributed by atoms with E-state index >= 15 is 0 Å². The van der Waals surface area contributed by atoms with Crippen LogP contribution in [-0.2, 0) is 4.79 Å². The third-order valence-corrected chi connectivity index (χ3v) is 6.50. The summed E-state index contributed by atoms with van der Waals surface area (Å²) in [5.74, 6) is 1.76. The van der Waals surface area contributed by atoms with Crippen molar-refractivity contribution in [2.24, 2.45) is 23.5 Å². The Morgan fingerprint density at radius 1 is 1.10 bits per heavy atom. The largest absolute Gasteiger partial charge is 0.496 e. The number of para-hydroxylation sites is 1. The number of hydrogen-bond acceptors (Lipinski definition) is 4. The maximum absolute atomic E-state index is 12.3. The van der Waals surface area contributed by atoms with Crippen LogP contribution in [0.1, 0.15) is 36.0 Å². The van der Waals surface area contributed by atoms with Gasteiger partial charge in [0.2, 0.25) is 5.91 Å². The van der Waals surface area contributed by atoms with Crippen LogP contribution in [0.4, 0.5) is 0 Å². The molecule has 30 heavy (non-hydrogen) atoms. The molecule has 2 aliphatic carbocycles. The van der Waals surface area contributed by atoms with Gasteiger partial charge in [-0.05, 0) is 73.4 Å². The number of allylic oxidation sites excluding steroid dienone is 1. The van der Waals surface area contributed by atoms with Crippen molar-refractivity contribution in [3.63, 3.8) is 0 Å². The molecule has 2 saturated carbocycles. The van der Waals surface area contributed by atoms with Gasteiger partial charge in [-0.1, -0.05) is 24.8 Å². The molecule has 1 amide bonds. The first-order valence-corrected chi connectivity index (χ1v) is 10.4. The zero-order chi connectivity index (χ0) is 21.3. The van der Waals surface area contributed by atoms with Crippen molar-refractivity contribution < 1.29 is 19.1 Å². The molecule has 0 aromatic heterocycles. The highest BCUT2D eigenvalue weighted by atomic mass is 16.5. The number of hydrogen-bond donors (Lipinski definition) is 1. The molecule has 0 saturated heterocycles. The van der Waals surface area contributed by atoms with E-state index in [9.17, 15) is 9.59 Å². The first-order chi connectivity index (χ1) is 14.5. The Labute approximate surface area is 176 Å². The number of ketones is 1. The van der Waals surface area contributed by atoms with Crippen molar-refractivity contribution in [1.82, 2.24) is 0 Å². The average molecular weight is 405 g/mol. The van der Waals surface area contributed by atoms with Gasteiger partial charge in [0.05, 0.1) is 13.2 Å². The fourth-order valence-corrected chi connectivity index (χ4v) is 5.21. The standard InChI is InChI=1S/C25H27NO4/c1-3-22(27)24-15-8-9-16(24)12-19(11-15)30-20-13-17(10-18(14-20)25(26)28)21-6-4-5-7-23(21)29-2/h3-7,10,13-16,19,24H,1,8-9,11-12H2,2H3,(H2,26,28). The number of ether oxygens (including phenoxy) is 2. The summed E-state index contributed by atoms with van der Waals surface area (Å²) in [5, 5.41) is 0. The van der Waals surface area contributed by atoms with E-state index in [-0.39, 0.29) is 17.8 Å². The lowest BCUT2D eigenvalue weighted by atomic mass is 9.75. The summed E-state index contributed by atoms with van der Waals surface area (Å²) in [6, 6.07) is 13.0. The normalized spacial score (nSPS) is 24.8. The second-order valence-electron chi connectivity index (χ2n) is 8.25. The molecule has 4 rings (SSSR count). The second kappa shape index (κ2) is 8.34. The Hall–Kier alpha value is -3.08. The number of nitrogens with two attached hydrogens (primary N) is 1. The Bertz CT molecular complexity index is 969. The summed E-state index contributed by atoms with van der Waals surface area (Å²) in [6.45, 7) is 3.66. The zero-order valence-electron chi connectivity index (χ0n) is 17.2. The van der Waals surface area contributed by atoms with Crippen LogP contribution in [0.25, 0.3) is 11.1 Å². The van der Waals surface area contributed by atoms with Crippen molar-refractivity contribution in [2.75, 3.05) is 7.11 Å². The Kier molecular flexibility index (Phi) is 5.62. The Balaban J connectivity index is 1.61. The highest BCUT2D eigenvalue weighted by Gasteiger charge is 2.46. The summed E-state index contributed by atoms with van der Waals surface area (Å²) in [4.78, 5) is 24.2. The van der Waals surface area contributed by atoms with Crippen molar-refractivity contribution in [2.45, 2.75) is 31.8 Å². The minimum atomic E-state index is -0.503. The van der Waals surface area contributed by atoms with Crippen LogP contribution in [0.5, 0.6) is 11.5 Å². The second-order valence-corrected chi connectivity index (χ2v) is 8.25. The van der Waals surface area contributed by atoms with Gasteiger partial charge in [0.15, 0.2) is 5.78 Å². The molecule has 2 N–H and O–H groups in total. The van der Waals surface area contributed by atoms with E-state index in [0.29, 0.717) is 28.9 Å².